The molecule has 296 valence electrons. The van der Waals surface area contributed by atoms with E-state index < -0.39 is 6.04 Å². The number of benzene rings is 3. The topological polar surface area (TPSA) is 108 Å². The van der Waals surface area contributed by atoms with Crippen LogP contribution in [-0.4, -0.2) is 55.6 Å². The number of aromatic nitrogens is 3. The lowest BCUT2D eigenvalue weighted by molar-refractivity contribution is -0.134. The van der Waals surface area contributed by atoms with Gasteiger partial charge in [0, 0.05) is 49.9 Å². The summed E-state index contributed by atoms with van der Waals surface area (Å²) >= 11 is 3.30. The van der Waals surface area contributed by atoms with Gasteiger partial charge in [-0.05, 0) is 78.5 Å². The summed E-state index contributed by atoms with van der Waals surface area (Å²) in [6, 6.07) is 28.9. The Morgan fingerprint density at radius 3 is 1.88 bits per heavy atom. The SMILES string of the molecule is O=C(N[C@H](C(=O)N1CCC[C@H]1c1ncc(-c2ccc(-c3ccc(-c4cnc([C@@H]5CCCN5C(=O)CC5=CC=CCC5)s4)cc3)cc2)s1)c1ccccc1)c1ccncc1. The van der Waals surface area contributed by atoms with Crippen molar-refractivity contribution in [3.05, 3.63) is 161 Å². The second kappa shape index (κ2) is 17.4. The number of rotatable bonds is 11. The van der Waals surface area contributed by atoms with Crippen molar-refractivity contribution in [2.75, 3.05) is 13.1 Å². The molecule has 0 radical (unpaired) electrons. The predicted molar refractivity (Wildman–Crippen MR) is 233 cm³/mol. The van der Waals surface area contributed by atoms with Crippen LogP contribution in [0.3, 0.4) is 0 Å². The van der Waals surface area contributed by atoms with E-state index in [0.717, 1.165) is 92.7 Å². The molecule has 3 aliphatic rings. The van der Waals surface area contributed by atoms with Gasteiger partial charge >= 0.3 is 0 Å². The second-order valence-electron chi connectivity index (χ2n) is 15.2. The molecule has 9 rings (SSSR count). The fraction of sp³-hybridized carbons (Fsp3) is 0.250. The van der Waals surface area contributed by atoms with Crippen LogP contribution in [0.4, 0.5) is 0 Å². The molecule has 0 bridgehead atoms. The Hall–Kier alpha value is -6.04. The van der Waals surface area contributed by atoms with Gasteiger partial charge < -0.3 is 15.1 Å². The van der Waals surface area contributed by atoms with Crippen molar-refractivity contribution < 1.29 is 14.4 Å². The van der Waals surface area contributed by atoms with Crippen LogP contribution < -0.4 is 5.32 Å². The third-order valence-electron chi connectivity index (χ3n) is 11.5. The Bertz CT molecular complexity index is 2500. The van der Waals surface area contributed by atoms with Gasteiger partial charge in [-0.2, -0.15) is 0 Å². The fourth-order valence-corrected chi connectivity index (χ4v) is 10.5. The van der Waals surface area contributed by atoms with Crippen LogP contribution in [0.25, 0.3) is 32.0 Å². The Kier molecular flexibility index (Phi) is 11.4. The molecule has 59 heavy (non-hydrogen) atoms. The first-order valence-electron chi connectivity index (χ1n) is 20.3. The van der Waals surface area contributed by atoms with Gasteiger partial charge in [0.05, 0.1) is 21.8 Å². The summed E-state index contributed by atoms with van der Waals surface area (Å²) < 4.78 is 0. The summed E-state index contributed by atoms with van der Waals surface area (Å²) in [6.45, 7) is 1.40. The van der Waals surface area contributed by atoms with Crippen molar-refractivity contribution in [1.82, 2.24) is 30.1 Å². The Labute approximate surface area is 352 Å². The van der Waals surface area contributed by atoms with Crippen molar-refractivity contribution >= 4 is 40.4 Å². The number of carbonyl (C=O) groups is 3. The molecule has 0 spiro atoms. The van der Waals surface area contributed by atoms with Gasteiger partial charge in [0.15, 0.2) is 0 Å². The van der Waals surface area contributed by atoms with E-state index in [2.05, 4.69) is 77.1 Å². The Morgan fingerprint density at radius 1 is 0.712 bits per heavy atom. The molecule has 0 saturated carbocycles. The lowest BCUT2D eigenvalue weighted by Gasteiger charge is -2.28. The number of likely N-dealkylation sites (tertiary alicyclic amines) is 2. The van der Waals surface area contributed by atoms with E-state index in [1.807, 2.05) is 52.5 Å². The zero-order valence-corrected chi connectivity index (χ0v) is 34.2. The zero-order chi connectivity index (χ0) is 40.1. The summed E-state index contributed by atoms with van der Waals surface area (Å²) in [5.74, 6) is -0.252. The maximum Gasteiger partial charge on any atom is 0.252 e. The predicted octanol–water partition coefficient (Wildman–Crippen LogP) is 10.2. The van der Waals surface area contributed by atoms with Crippen molar-refractivity contribution in [2.45, 2.75) is 63.1 Å². The summed E-state index contributed by atoms with van der Waals surface area (Å²) in [6.07, 6.45) is 19.4. The molecule has 1 aliphatic carbocycles. The van der Waals surface area contributed by atoms with Crippen LogP contribution in [-0.2, 0) is 9.59 Å². The lowest BCUT2D eigenvalue weighted by atomic mass is 10.0. The van der Waals surface area contributed by atoms with E-state index in [-0.39, 0.29) is 29.8 Å². The molecule has 2 fully saturated rings. The van der Waals surface area contributed by atoms with E-state index >= 15 is 0 Å². The number of hydrogen-bond acceptors (Lipinski definition) is 8. The molecule has 3 atom stereocenters. The Balaban J connectivity index is 0.854. The molecule has 1 N–H and O–H groups in total. The molecular weight excluding hydrogens is 773 g/mol. The molecule has 3 aromatic heterocycles. The first kappa shape index (κ1) is 38.5. The van der Waals surface area contributed by atoms with E-state index in [1.165, 1.54) is 5.57 Å². The standard InChI is InChI=1S/C48H44N6O3S2/c55-43(29-32-9-3-1-4-10-32)53-27-7-13-39(53)46-50-30-41(58-46)35-19-15-33(16-20-35)34-17-21-36(22-18-34)42-31-51-47(59-42)40-14-8-28-54(40)48(57)44(37-11-5-2-6-12-37)52-45(56)38-23-25-49-26-24-38/h1-3,5-6,9,11-12,15-26,30-31,39-40,44H,4,7-8,10,13-14,27-29H2,(H,52,56)/t39-,40-,44-/m0/s1. The van der Waals surface area contributed by atoms with E-state index in [0.29, 0.717) is 18.5 Å². The van der Waals surface area contributed by atoms with Crippen LogP contribution in [0.2, 0.25) is 0 Å². The summed E-state index contributed by atoms with van der Waals surface area (Å²) in [7, 11) is 0. The molecular formula is C48H44N6O3S2. The van der Waals surface area contributed by atoms with Crippen molar-refractivity contribution in [2.24, 2.45) is 0 Å². The number of thiazole rings is 2. The highest BCUT2D eigenvalue weighted by molar-refractivity contribution is 7.15. The number of hydrogen-bond donors (Lipinski definition) is 1. The van der Waals surface area contributed by atoms with Crippen LogP contribution in [0.5, 0.6) is 0 Å². The smallest absolute Gasteiger partial charge is 0.252 e. The molecule has 2 saturated heterocycles. The second-order valence-corrected chi connectivity index (χ2v) is 17.4. The quantitative estimate of drug-likeness (QED) is 0.140. The van der Waals surface area contributed by atoms with Gasteiger partial charge in [-0.25, -0.2) is 9.97 Å². The minimum absolute atomic E-state index is 0.0534. The Morgan fingerprint density at radius 2 is 1.29 bits per heavy atom. The van der Waals surface area contributed by atoms with Crippen LogP contribution >= 0.6 is 22.7 Å². The van der Waals surface area contributed by atoms with Crippen LogP contribution in [0.1, 0.15) is 89.0 Å². The normalized spacial score (nSPS) is 18.1. The van der Waals surface area contributed by atoms with Gasteiger partial charge in [-0.15, -0.1) is 22.7 Å². The van der Waals surface area contributed by atoms with Crippen LogP contribution in [0.15, 0.2) is 140 Å². The van der Waals surface area contributed by atoms with E-state index in [4.69, 9.17) is 9.97 Å². The van der Waals surface area contributed by atoms with E-state index in [1.54, 1.807) is 47.2 Å². The zero-order valence-electron chi connectivity index (χ0n) is 32.6. The van der Waals surface area contributed by atoms with Gasteiger partial charge in [0.2, 0.25) is 11.8 Å². The fourth-order valence-electron chi connectivity index (χ4n) is 8.33. The number of amides is 3. The molecule has 9 nitrogen and oxygen atoms in total. The first-order valence-corrected chi connectivity index (χ1v) is 21.9. The first-order chi connectivity index (χ1) is 29.0. The van der Waals surface area contributed by atoms with Gasteiger partial charge in [-0.1, -0.05) is 103 Å². The number of allylic oxidation sites excluding steroid dienone is 3. The molecule has 0 unspecified atom stereocenters. The van der Waals surface area contributed by atoms with Crippen molar-refractivity contribution in [1.29, 1.82) is 0 Å². The largest absolute Gasteiger partial charge is 0.336 e. The summed E-state index contributed by atoms with van der Waals surface area (Å²) in [4.78, 5) is 60.5. The number of pyridine rings is 1. The highest BCUT2D eigenvalue weighted by atomic mass is 32.1. The molecule has 5 heterocycles. The summed E-state index contributed by atoms with van der Waals surface area (Å²) in [5.41, 5.74) is 6.83. The number of carbonyl (C=O) groups excluding carboxylic acids is 3. The number of nitrogens with one attached hydrogen (secondary N) is 1. The van der Waals surface area contributed by atoms with Crippen molar-refractivity contribution in [3.8, 4) is 32.0 Å². The van der Waals surface area contributed by atoms with Gasteiger partial charge in [0.25, 0.3) is 5.91 Å². The van der Waals surface area contributed by atoms with E-state index in [9.17, 15) is 14.4 Å². The molecule has 11 heteroatoms. The third-order valence-corrected chi connectivity index (χ3v) is 13.8. The summed E-state index contributed by atoms with van der Waals surface area (Å²) in [5, 5.41) is 4.91. The molecule has 6 aromatic rings. The minimum Gasteiger partial charge on any atom is -0.336 e. The van der Waals surface area contributed by atoms with Gasteiger partial charge in [0.1, 0.15) is 16.1 Å². The highest BCUT2D eigenvalue weighted by Gasteiger charge is 2.37. The lowest BCUT2D eigenvalue weighted by Crippen LogP contribution is -2.42. The molecule has 3 amide bonds. The maximum absolute atomic E-state index is 14.3. The van der Waals surface area contributed by atoms with Crippen molar-refractivity contribution in [3.63, 3.8) is 0 Å². The van der Waals surface area contributed by atoms with Gasteiger partial charge in [-0.3, -0.25) is 19.4 Å². The average molecular weight is 817 g/mol. The van der Waals surface area contributed by atoms with Crippen LogP contribution in [0, 0.1) is 0 Å². The average Bonchev–Trinajstić information content (AvgIpc) is 4.14. The minimum atomic E-state index is -0.829. The third kappa shape index (κ3) is 8.44. The highest BCUT2D eigenvalue weighted by Crippen LogP contribution is 2.41. The molecule has 3 aromatic carbocycles. The maximum atomic E-state index is 14.3. The monoisotopic (exact) mass is 816 g/mol. The molecule has 2 aliphatic heterocycles. The number of nitrogens with zero attached hydrogens (tertiary/aromatic N) is 5.